The Morgan fingerprint density at radius 2 is 0.556 bits per heavy atom. The third-order valence-electron chi connectivity index (χ3n) is 19.8. The lowest BCUT2D eigenvalue weighted by Crippen LogP contribution is -2.45. The first-order valence-corrected chi connectivity index (χ1v) is 41.6. The predicted octanol–water partition coefficient (Wildman–Crippen LogP) is 27.6. The minimum Gasteiger partial charge on any atom is -0.466 e. The number of rotatable bonds is 79. The molecule has 6 nitrogen and oxygen atoms in total. The van der Waals surface area contributed by atoms with Crippen LogP contribution in [0.2, 0.25) is 0 Å². The normalized spacial score (nSPS) is 12.5. The molecule has 0 aliphatic rings. The maximum Gasteiger partial charge on any atom is 0.305 e. The number of carbonyl (C=O) groups excluding carboxylic acids is 2. The summed E-state index contributed by atoms with van der Waals surface area (Å²) in [5.41, 5.74) is 0. The van der Waals surface area contributed by atoms with Crippen LogP contribution in [0.5, 0.6) is 0 Å². The predicted molar refractivity (Wildman–Crippen MR) is 398 cm³/mol. The van der Waals surface area contributed by atoms with E-state index in [1.165, 1.54) is 398 Å². The summed E-state index contributed by atoms with van der Waals surface area (Å²) in [6, 6.07) is -0.541. The summed E-state index contributed by atoms with van der Waals surface area (Å²) in [6.07, 6.45) is 103. The molecule has 0 rings (SSSR count). The van der Waals surface area contributed by atoms with Crippen LogP contribution in [0.15, 0.2) is 24.3 Å². The molecule has 1 amide bonds. The Morgan fingerprint density at radius 1 is 0.311 bits per heavy atom. The zero-order valence-corrected chi connectivity index (χ0v) is 61.4. The minimum absolute atomic E-state index is 0.0198. The van der Waals surface area contributed by atoms with Crippen molar-refractivity contribution in [1.82, 2.24) is 5.32 Å². The number of aliphatic hydroxyl groups excluding tert-OH is 2. The molecular formula is C84H163NO5. The Bertz CT molecular complexity index is 1410. The zero-order valence-electron chi connectivity index (χ0n) is 61.4. The summed E-state index contributed by atoms with van der Waals surface area (Å²) in [4.78, 5) is 24.7. The Morgan fingerprint density at radius 3 is 0.844 bits per heavy atom. The molecule has 0 saturated heterocycles. The van der Waals surface area contributed by atoms with E-state index >= 15 is 0 Å². The molecule has 90 heavy (non-hydrogen) atoms. The van der Waals surface area contributed by atoms with Gasteiger partial charge in [0.25, 0.3) is 0 Å². The number of aliphatic hydroxyl groups is 2. The van der Waals surface area contributed by atoms with Crippen molar-refractivity contribution in [3.8, 4) is 0 Å². The Labute approximate surface area is 564 Å². The number of nitrogens with one attached hydrogen (secondary N) is 1. The molecule has 0 aromatic heterocycles. The van der Waals surface area contributed by atoms with E-state index < -0.39 is 12.1 Å². The second-order valence-corrected chi connectivity index (χ2v) is 28.8. The largest absolute Gasteiger partial charge is 0.466 e. The first-order chi connectivity index (χ1) is 44.5. The van der Waals surface area contributed by atoms with Gasteiger partial charge in [-0.1, -0.05) is 430 Å². The topological polar surface area (TPSA) is 95.9 Å². The van der Waals surface area contributed by atoms with Gasteiger partial charge in [0, 0.05) is 12.8 Å². The van der Waals surface area contributed by atoms with E-state index in [-0.39, 0.29) is 18.5 Å². The van der Waals surface area contributed by atoms with Gasteiger partial charge in [0.15, 0.2) is 0 Å². The summed E-state index contributed by atoms with van der Waals surface area (Å²) < 4.78 is 5.51. The molecule has 6 heteroatoms. The Hall–Kier alpha value is -1.66. The molecule has 0 fully saturated rings. The van der Waals surface area contributed by atoms with E-state index in [2.05, 4.69) is 43.5 Å². The van der Waals surface area contributed by atoms with E-state index in [0.717, 1.165) is 44.9 Å². The van der Waals surface area contributed by atoms with Crippen LogP contribution in [0, 0.1) is 0 Å². The fourth-order valence-electron chi connectivity index (χ4n) is 13.4. The fraction of sp³-hybridized carbons (Fsp3) is 0.929. The highest BCUT2D eigenvalue weighted by atomic mass is 16.5. The fourth-order valence-corrected chi connectivity index (χ4v) is 13.4. The van der Waals surface area contributed by atoms with Crippen molar-refractivity contribution >= 4 is 11.9 Å². The maximum absolute atomic E-state index is 12.6. The Balaban J connectivity index is 3.36. The van der Waals surface area contributed by atoms with E-state index in [1.807, 2.05) is 0 Å². The number of allylic oxidation sites excluding steroid dienone is 4. The maximum atomic E-state index is 12.6. The van der Waals surface area contributed by atoms with Crippen molar-refractivity contribution in [3.63, 3.8) is 0 Å². The van der Waals surface area contributed by atoms with Crippen molar-refractivity contribution in [2.45, 2.75) is 488 Å². The van der Waals surface area contributed by atoms with Crippen LogP contribution in [-0.2, 0) is 14.3 Å². The van der Waals surface area contributed by atoms with E-state index in [1.54, 1.807) is 0 Å². The summed E-state index contributed by atoms with van der Waals surface area (Å²) in [5.74, 6) is -0.00758. The van der Waals surface area contributed by atoms with Gasteiger partial charge in [-0.2, -0.15) is 0 Å². The number of ether oxygens (including phenoxy) is 1. The molecule has 0 aliphatic carbocycles. The molecule has 534 valence electrons. The molecule has 2 unspecified atom stereocenters. The summed E-state index contributed by atoms with van der Waals surface area (Å²) >= 11 is 0. The molecule has 2 atom stereocenters. The van der Waals surface area contributed by atoms with Crippen molar-refractivity contribution < 1.29 is 24.5 Å². The molecule has 0 bridgehead atoms. The summed E-state index contributed by atoms with van der Waals surface area (Å²) in [7, 11) is 0. The number of amides is 1. The second-order valence-electron chi connectivity index (χ2n) is 28.8. The molecule has 0 heterocycles. The molecule has 0 aromatic carbocycles. The number of carbonyl (C=O) groups is 2. The molecule has 0 aromatic rings. The molecular weight excluding hydrogens is 1100 g/mol. The van der Waals surface area contributed by atoms with E-state index in [4.69, 9.17) is 4.74 Å². The van der Waals surface area contributed by atoms with Gasteiger partial charge < -0.3 is 20.3 Å². The lowest BCUT2D eigenvalue weighted by atomic mass is 10.0. The van der Waals surface area contributed by atoms with Gasteiger partial charge in [-0.15, -0.1) is 0 Å². The smallest absolute Gasteiger partial charge is 0.305 e. The lowest BCUT2D eigenvalue weighted by molar-refractivity contribution is -0.143. The summed E-state index contributed by atoms with van der Waals surface area (Å²) in [5, 5.41) is 23.5. The molecule has 0 aliphatic heterocycles. The first kappa shape index (κ1) is 88.3. The van der Waals surface area contributed by atoms with Crippen LogP contribution in [0.25, 0.3) is 0 Å². The Kier molecular flexibility index (Phi) is 78.3. The van der Waals surface area contributed by atoms with Gasteiger partial charge in [0.05, 0.1) is 25.4 Å². The zero-order chi connectivity index (χ0) is 64.9. The van der Waals surface area contributed by atoms with Gasteiger partial charge in [-0.05, 0) is 57.8 Å². The highest BCUT2D eigenvalue weighted by molar-refractivity contribution is 5.76. The first-order valence-electron chi connectivity index (χ1n) is 41.6. The van der Waals surface area contributed by atoms with Gasteiger partial charge in [-0.3, -0.25) is 9.59 Å². The lowest BCUT2D eigenvalue weighted by Gasteiger charge is -2.22. The van der Waals surface area contributed by atoms with Gasteiger partial charge in [-0.25, -0.2) is 0 Å². The average molecular weight is 1270 g/mol. The highest BCUT2D eigenvalue weighted by Crippen LogP contribution is 2.20. The number of esters is 1. The van der Waals surface area contributed by atoms with Crippen LogP contribution >= 0.6 is 0 Å². The van der Waals surface area contributed by atoms with Crippen LogP contribution in [0.1, 0.15) is 476 Å². The molecule has 3 N–H and O–H groups in total. The number of hydrogen-bond acceptors (Lipinski definition) is 5. The van der Waals surface area contributed by atoms with Crippen molar-refractivity contribution in [2.75, 3.05) is 13.2 Å². The van der Waals surface area contributed by atoms with Crippen molar-refractivity contribution in [2.24, 2.45) is 0 Å². The van der Waals surface area contributed by atoms with Crippen molar-refractivity contribution in [3.05, 3.63) is 24.3 Å². The minimum atomic E-state index is -0.664. The quantitative estimate of drug-likeness (QED) is 0.0320. The standard InChI is InChI=1S/C84H163NO5/c1-3-5-7-9-11-13-15-17-19-21-23-24-38-41-44-48-52-56-60-64-68-72-76-82(87)81(80-86)85-83(88)77-73-69-65-61-57-53-49-45-42-39-36-34-32-30-28-26-25-27-29-31-33-35-37-40-43-47-51-55-59-63-67-71-75-79-90-84(89)78-74-70-66-62-58-54-50-46-22-20-18-16-14-12-10-8-6-4-2/h29,31,35,37,81-82,86-87H,3-28,30,32-34,36,38-80H2,1-2H3,(H,85,88)/b31-29-,37-35-. The van der Waals surface area contributed by atoms with Crippen LogP contribution in [0.4, 0.5) is 0 Å². The number of hydrogen-bond donors (Lipinski definition) is 3. The number of unbranched alkanes of at least 4 members (excludes halogenated alkanes) is 64. The average Bonchev–Trinajstić information content (AvgIpc) is 3.58. The molecule has 0 saturated carbocycles. The van der Waals surface area contributed by atoms with Gasteiger partial charge in [0.1, 0.15) is 0 Å². The van der Waals surface area contributed by atoms with Crippen LogP contribution in [0.3, 0.4) is 0 Å². The third kappa shape index (κ3) is 75.4. The van der Waals surface area contributed by atoms with Crippen LogP contribution < -0.4 is 5.32 Å². The second kappa shape index (κ2) is 79.8. The summed E-state index contributed by atoms with van der Waals surface area (Å²) in [6.45, 7) is 5.01. The highest BCUT2D eigenvalue weighted by Gasteiger charge is 2.20. The monoisotopic (exact) mass is 1270 g/mol. The van der Waals surface area contributed by atoms with E-state index in [9.17, 15) is 19.8 Å². The van der Waals surface area contributed by atoms with Crippen LogP contribution in [-0.4, -0.2) is 47.4 Å². The van der Waals surface area contributed by atoms with E-state index in [0.29, 0.717) is 25.9 Å². The van der Waals surface area contributed by atoms with Gasteiger partial charge in [0.2, 0.25) is 5.91 Å². The SMILES string of the molecule is CCCCCCCCCCCCCCCCCCCCCCCCC(O)C(CO)NC(=O)CCCCCCCCCCCCCCCCCCC/C=C\C/C=C\CCCCCCCCCCCOC(=O)CCCCCCCCCCCCCCCCCCCC. The molecule has 0 spiro atoms. The third-order valence-corrected chi connectivity index (χ3v) is 19.8. The molecule has 0 radical (unpaired) electrons. The van der Waals surface area contributed by atoms with Gasteiger partial charge >= 0.3 is 5.97 Å². The van der Waals surface area contributed by atoms with Crippen molar-refractivity contribution in [1.29, 1.82) is 0 Å².